The number of nitrogens with one attached hydrogen (secondary N) is 1. The largest absolute Gasteiger partial charge is 0.495 e. The van der Waals surface area contributed by atoms with Crippen molar-refractivity contribution < 1.29 is 9.53 Å². The molecule has 1 aliphatic rings. The molecule has 0 heterocycles. The van der Waals surface area contributed by atoms with Crippen LogP contribution in [0, 0.1) is 11.8 Å². The van der Waals surface area contributed by atoms with Gasteiger partial charge in [-0.25, -0.2) is 0 Å². The first kappa shape index (κ1) is 15.7. The second-order valence-electron chi connectivity index (χ2n) is 6.08. The van der Waals surface area contributed by atoms with E-state index in [1.54, 1.807) is 19.2 Å². The fourth-order valence-corrected chi connectivity index (χ4v) is 3.19. The normalized spacial score (nSPS) is 17.2. The minimum Gasteiger partial charge on any atom is -0.495 e. The highest BCUT2D eigenvalue weighted by atomic mass is 16.5. The Morgan fingerprint density at radius 2 is 2.10 bits per heavy atom. The molecule has 0 bridgehead atoms. The van der Waals surface area contributed by atoms with Gasteiger partial charge in [0.05, 0.1) is 12.8 Å². The van der Waals surface area contributed by atoms with Crippen molar-refractivity contribution in [1.82, 2.24) is 0 Å². The highest BCUT2D eigenvalue weighted by Gasteiger charge is 2.22. The third kappa shape index (κ3) is 4.38. The molecule has 0 aromatic heterocycles. The van der Waals surface area contributed by atoms with Gasteiger partial charge in [-0.2, -0.15) is 0 Å². The summed E-state index contributed by atoms with van der Waals surface area (Å²) in [6.45, 7) is 2.19. The van der Waals surface area contributed by atoms with Gasteiger partial charge >= 0.3 is 0 Å². The molecule has 1 atom stereocenters. The van der Waals surface area contributed by atoms with Gasteiger partial charge in [-0.05, 0) is 30.0 Å². The zero-order chi connectivity index (χ0) is 15.2. The van der Waals surface area contributed by atoms with E-state index in [4.69, 9.17) is 10.5 Å². The molecule has 2 rings (SSSR count). The van der Waals surface area contributed by atoms with Crippen molar-refractivity contribution in [1.29, 1.82) is 0 Å². The fraction of sp³-hybridized carbons (Fsp3) is 0.588. The summed E-state index contributed by atoms with van der Waals surface area (Å²) in [6, 6.07) is 5.33. The zero-order valence-electron chi connectivity index (χ0n) is 13.0. The van der Waals surface area contributed by atoms with E-state index in [-0.39, 0.29) is 5.91 Å². The van der Waals surface area contributed by atoms with Gasteiger partial charge in [0, 0.05) is 12.1 Å². The molecule has 3 N–H and O–H groups in total. The molecule has 4 heteroatoms. The predicted octanol–water partition coefficient (Wildman–Crippen LogP) is 3.82. The number of amides is 1. The summed E-state index contributed by atoms with van der Waals surface area (Å²) in [6.07, 6.45) is 7.09. The summed E-state index contributed by atoms with van der Waals surface area (Å²) in [5.74, 6) is 1.84. The van der Waals surface area contributed by atoms with Gasteiger partial charge in [-0.3, -0.25) is 4.79 Å². The van der Waals surface area contributed by atoms with Gasteiger partial charge in [-0.15, -0.1) is 0 Å². The molecule has 1 unspecified atom stereocenters. The number of nitrogens with two attached hydrogens (primary N) is 1. The van der Waals surface area contributed by atoms with E-state index >= 15 is 0 Å². The second kappa shape index (κ2) is 7.34. The highest BCUT2D eigenvalue weighted by Crippen LogP contribution is 2.32. The SMILES string of the molecule is COc1ccc(NC(=O)CC(C)C2CCCCC2)cc1N. The molecule has 21 heavy (non-hydrogen) atoms. The minimum atomic E-state index is 0.0673. The Bertz CT molecular complexity index is 482. The lowest BCUT2D eigenvalue weighted by Gasteiger charge is -2.27. The number of methoxy groups -OCH3 is 1. The molecule has 1 saturated carbocycles. The number of carbonyl (C=O) groups excluding carboxylic acids is 1. The number of carbonyl (C=O) groups is 1. The lowest BCUT2D eigenvalue weighted by molar-refractivity contribution is -0.117. The first-order valence-electron chi connectivity index (χ1n) is 7.83. The number of nitrogen functional groups attached to an aromatic ring is 1. The van der Waals surface area contributed by atoms with Crippen LogP contribution in [0.3, 0.4) is 0 Å². The number of hydrogen-bond donors (Lipinski definition) is 2. The van der Waals surface area contributed by atoms with Gasteiger partial charge in [0.2, 0.25) is 5.91 Å². The Balaban J connectivity index is 1.87. The van der Waals surface area contributed by atoms with Crippen LogP contribution in [-0.4, -0.2) is 13.0 Å². The van der Waals surface area contributed by atoms with Gasteiger partial charge in [-0.1, -0.05) is 39.0 Å². The van der Waals surface area contributed by atoms with Crippen LogP contribution >= 0.6 is 0 Å². The van der Waals surface area contributed by atoms with E-state index in [9.17, 15) is 4.79 Å². The molecule has 1 aliphatic carbocycles. The van der Waals surface area contributed by atoms with Crippen LogP contribution in [0.4, 0.5) is 11.4 Å². The Kier molecular flexibility index (Phi) is 5.48. The van der Waals surface area contributed by atoms with Gasteiger partial charge in [0.15, 0.2) is 0 Å². The number of hydrogen-bond acceptors (Lipinski definition) is 3. The van der Waals surface area contributed by atoms with Crippen molar-refractivity contribution >= 4 is 17.3 Å². The predicted molar refractivity (Wildman–Crippen MR) is 86.4 cm³/mol. The third-order valence-electron chi connectivity index (χ3n) is 4.48. The molecule has 1 amide bonds. The van der Waals surface area contributed by atoms with Crippen LogP contribution in [0.2, 0.25) is 0 Å². The average molecular weight is 290 g/mol. The maximum absolute atomic E-state index is 12.1. The molecule has 0 aliphatic heterocycles. The van der Waals surface area contributed by atoms with Crippen molar-refractivity contribution in [2.45, 2.75) is 45.4 Å². The molecule has 116 valence electrons. The van der Waals surface area contributed by atoms with Gasteiger partial charge in [0.1, 0.15) is 5.75 Å². The Morgan fingerprint density at radius 3 is 2.71 bits per heavy atom. The van der Waals surface area contributed by atoms with E-state index in [0.29, 0.717) is 29.7 Å². The zero-order valence-corrected chi connectivity index (χ0v) is 13.0. The standard InChI is InChI=1S/C17H26N2O2/c1-12(13-6-4-3-5-7-13)10-17(20)19-14-8-9-16(21-2)15(18)11-14/h8-9,11-13H,3-7,10,18H2,1-2H3,(H,19,20). The molecule has 1 aromatic carbocycles. The summed E-state index contributed by atoms with van der Waals surface area (Å²) in [5, 5.41) is 2.93. The van der Waals surface area contributed by atoms with Crippen LogP contribution < -0.4 is 15.8 Å². The Labute approximate surface area is 127 Å². The minimum absolute atomic E-state index is 0.0673. The molecule has 1 fully saturated rings. The van der Waals surface area contributed by atoms with E-state index in [1.165, 1.54) is 32.1 Å². The summed E-state index contributed by atoms with van der Waals surface area (Å²) >= 11 is 0. The third-order valence-corrected chi connectivity index (χ3v) is 4.48. The summed E-state index contributed by atoms with van der Waals surface area (Å²) in [7, 11) is 1.58. The maximum Gasteiger partial charge on any atom is 0.224 e. The smallest absolute Gasteiger partial charge is 0.224 e. The number of benzene rings is 1. The van der Waals surface area contributed by atoms with Crippen LogP contribution in [0.1, 0.15) is 45.4 Å². The van der Waals surface area contributed by atoms with Crippen molar-refractivity contribution in [3.8, 4) is 5.75 Å². The van der Waals surface area contributed by atoms with Crippen molar-refractivity contribution in [2.24, 2.45) is 11.8 Å². The summed E-state index contributed by atoms with van der Waals surface area (Å²) in [5.41, 5.74) is 7.12. The van der Waals surface area contributed by atoms with Crippen LogP contribution in [0.5, 0.6) is 5.75 Å². The maximum atomic E-state index is 12.1. The topological polar surface area (TPSA) is 64.3 Å². The van der Waals surface area contributed by atoms with Crippen LogP contribution in [0.25, 0.3) is 0 Å². The first-order chi connectivity index (χ1) is 10.1. The monoisotopic (exact) mass is 290 g/mol. The highest BCUT2D eigenvalue weighted by molar-refractivity contribution is 5.91. The van der Waals surface area contributed by atoms with E-state index in [1.807, 2.05) is 6.07 Å². The quantitative estimate of drug-likeness (QED) is 0.810. The molecule has 4 nitrogen and oxygen atoms in total. The number of rotatable bonds is 5. The van der Waals surface area contributed by atoms with Crippen LogP contribution in [-0.2, 0) is 4.79 Å². The Morgan fingerprint density at radius 1 is 1.38 bits per heavy atom. The fourth-order valence-electron chi connectivity index (χ4n) is 3.19. The molecule has 1 aromatic rings. The van der Waals surface area contributed by atoms with Gasteiger partial charge < -0.3 is 15.8 Å². The molecule has 0 radical (unpaired) electrons. The van der Waals surface area contributed by atoms with Gasteiger partial charge in [0.25, 0.3) is 0 Å². The first-order valence-corrected chi connectivity index (χ1v) is 7.83. The molecular weight excluding hydrogens is 264 g/mol. The van der Waals surface area contributed by atoms with E-state index < -0.39 is 0 Å². The van der Waals surface area contributed by atoms with E-state index in [0.717, 1.165) is 5.69 Å². The number of anilines is 2. The van der Waals surface area contributed by atoms with E-state index in [2.05, 4.69) is 12.2 Å². The van der Waals surface area contributed by atoms with Crippen molar-refractivity contribution in [3.63, 3.8) is 0 Å². The molecular formula is C17H26N2O2. The Hall–Kier alpha value is -1.71. The second-order valence-corrected chi connectivity index (χ2v) is 6.08. The molecule has 0 spiro atoms. The lowest BCUT2D eigenvalue weighted by atomic mass is 9.79. The summed E-state index contributed by atoms with van der Waals surface area (Å²) in [4.78, 5) is 12.1. The summed E-state index contributed by atoms with van der Waals surface area (Å²) < 4.78 is 5.11. The number of ether oxygens (including phenoxy) is 1. The van der Waals surface area contributed by atoms with Crippen molar-refractivity contribution in [2.75, 3.05) is 18.2 Å². The van der Waals surface area contributed by atoms with Crippen LogP contribution in [0.15, 0.2) is 18.2 Å². The molecule has 0 saturated heterocycles. The van der Waals surface area contributed by atoms with Crippen molar-refractivity contribution in [3.05, 3.63) is 18.2 Å². The average Bonchev–Trinajstić information content (AvgIpc) is 2.48. The lowest BCUT2D eigenvalue weighted by Crippen LogP contribution is -2.22.